The van der Waals surface area contributed by atoms with Gasteiger partial charge in [0.25, 0.3) is 15.9 Å². The van der Waals surface area contributed by atoms with Crippen LogP contribution in [0.1, 0.15) is 28.4 Å². The number of anilines is 1. The Kier molecular flexibility index (Phi) is 6.53. The van der Waals surface area contributed by atoms with Crippen LogP contribution in [-0.2, 0) is 32.5 Å². The maximum atomic E-state index is 13.4. The highest BCUT2D eigenvalue weighted by Crippen LogP contribution is 2.36. The molecule has 4 rings (SSSR count). The summed E-state index contributed by atoms with van der Waals surface area (Å²) in [6, 6.07) is 14.8. The Morgan fingerprint density at radius 1 is 1.15 bits per heavy atom. The summed E-state index contributed by atoms with van der Waals surface area (Å²) >= 11 is 1.54. The largest absolute Gasteiger partial charge is 0.452 e. The van der Waals surface area contributed by atoms with Crippen LogP contribution in [-0.4, -0.2) is 44.9 Å². The van der Waals surface area contributed by atoms with Gasteiger partial charge in [0.2, 0.25) is 0 Å². The average molecular weight is 485 g/mol. The molecule has 0 aliphatic carbocycles. The topological polar surface area (TPSA) is 84.0 Å². The minimum Gasteiger partial charge on any atom is -0.452 e. The number of hydrogen-bond donors (Lipinski definition) is 0. The van der Waals surface area contributed by atoms with Gasteiger partial charge in [-0.2, -0.15) is 11.3 Å². The molecule has 2 heterocycles. The third-order valence-electron chi connectivity index (χ3n) is 5.52. The molecule has 0 saturated heterocycles. The Balaban J connectivity index is 1.46. The first-order valence-corrected chi connectivity index (χ1v) is 12.8. The van der Waals surface area contributed by atoms with Crippen molar-refractivity contribution in [3.63, 3.8) is 0 Å². The van der Waals surface area contributed by atoms with Crippen molar-refractivity contribution in [3.8, 4) is 0 Å². The fourth-order valence-corrected chi connectivity index (χ4v) is 6.26. The van der Waals surface area contributed by atoms with Gasteiger partial charge in [0.1, 0.15) is 0 Å². The van der Waals surface area contributed by atoms with Crippen molar-refractivity contribution in [1.82, 2.24) is 4.90 Å². The summed E-state index contributed by atoms with van der Waals surface area (Å²) in [6.07, 6.45) is 0.623. The van der Waals surface area contributed by atoms with Gasteiger partial charge in [0.05, 0.1) is 16.1 Å². The molecular weight excluding hydrogens is 460 g/mol. The number of esters is 1. The third-order valence-corrected chi connectivity index (χ3v) is 8.18. The van der Waals surface area contributed by atoms with E-state index in [2.05, 4.69) is 0 Å². The molecule has 2 aromatic carbocycles. The summed E-state index contributed by atoms with van der Waals surface area (Å²) in [4.78, 5) is 26.3. The average Bonchev–Trinajstić information content (AvgIpc) is 3.43. The van der Waals surface area contributed by atoms with Gasteiger partial charge in [-0.05, 0) is 65.6 Å². The van der Waals surface area contributed by atoms with Crippen molar-refractivity contribution in [2.24, 2.45) is 0 Å². The number of rotatable bonds is 7. The molecule has 0 spiro atoms. The van der Waals surface area contributed by atoms with Gasteiger partial charge in [0, 0.05) is 19.6 Å². The molecule has 0 N–H and O–H groups in total. The first kappa shape index (κ1) is 23.0. The summed E-state index contributed by atoms with van der Waals surface area (Å²) in [5, 5.41) is 3.87. The summed E-state index contributed by atoms with van der Waals surface area (Å²) in [5.41, 5.74) is 2.69. The Hall–Kier alpha value is -3.17. The van der Waals surface area contributed by atoms with E-state index >= 15 is 0 Å². The van der Waals surface area contributed by atoms with E-state index in [0.717, 1.165) is 11.1 Å². The molecule has 1 aliphatic rings. The second-order valence-corrected chi connectivity index (χ2v) is 10.6. The van der Waals surface area contributed by atoms with Crippen LogP contribution in [0, 0.1) is 0 Å². The Labute approximate surface area is 197 Å². The third kappa shape index (κ3) is 4.79. The van der Waals surface area contributed by atoms with Crippen molar-refractivity contribution in [2.75, 3.05) is 18.0 Å². The van der Waals surface area contributed by atoms with Gasteiger partial charge in [-0.15, -0.1) is 0 Å². The molecule has 172 valence electrons. The summed E-state index contributed by atoms with van der Waals surface area (Å²) in [7, 11) is -2.24. The van der Waals surface area contributed by atoms with Gasteiger partial charge >= 0.3 is 5.97 Å². The molecule has 7 nitrogen and oxygen atoms in total. The highest BCUT2D eigenvalue weighted by atomic mass is 32.2. The van der Waals surface area contributed by atoms with Crippen LogP contribution < -0.4 is 4.31 Å². The molecule has 0 fully saturated rings. The lowest BCUT2D eigenvalue weighted by atomic mass is 10.1. The number of carbonyl (C=O) groups is 2. The maximum absolute atomic E-state index is 13.4. The summed E-state index contributed by atoms with van der Waals surface area (Å²) in [6.45, 7) is 1.85. The predicted molar refractivity (Wildman–Crippen MR) is 127 cm³/mol. The van der Waals surface area contributed by atoms with Gasteiger partial charge in [-0.3, -0.25) is 9.10 Å². The van der Waals surface area contributed by atoms with Crippen LogP contribution in [0.3, 0.4) is 0 Å². The summed E-state index contributed by atoms with van der Waals surface area (Å²) in [5.74, 6) is -1.10. The number of fused-ring (bicyclic) bond motifs is 1. The number of para-hydroxylation sites is 1. The van der Waals surface area contributed by atoms with E-state index in [-0.39, 0.29) is 22.4 Å². The molecule has 1 atom stereocenters. The number of thiophene rings is 1. The van der Waals surface area contributed by atoms with Crippen molar-refractivity contribution in [1.29, 1.82) is 0 Å². The molecular formula is C24H24N2O5S2. The number of carbonyl (C=O) groups excluding carboxylic acids is 2. The maximum Gasteiger partial charge on any atom is 0.338 e. The van der Waals surface area contributed by atoms with Crippen LogP contribution in [0.25, 0.3) is 0 Å². The van der Waals surface area contributed by atoms with Crippen molar-refractivity contribution in [2.45, 2.75) is 30.8 Å². The standard InChI is InChI=1S/C24H24N2O5S2/c1-17-12-19-6-3-4-9-22(19)26(17)33(29,30)21-8-5-7-20(13-21)24(28)31-15-23(27)25(2)14-18-10-11-32-16-18/h3-11,13,16-17H,12,14-15H2,1-2H3/t17-/m0/s1. The van der Waals surface area contributed by atoms with Crippen LogP contribution in [0.15, 0.2) is 70.3 Å². The van der Waals surface area contributed by atoms with Crippen molar-refractivity contribution >= 4 is 38.9 Å². The first-order chi connectivity index (χ1) is 15.8. The predicted octanol–water partition coefficient (Wildman–Crippen LogP) is 3.70. The van der Waals surface area contributed by atoms with E-state index in [1.54, 1.807) is 30.5 Å². The molecule has 33 heavy (non-hydrogen) atoms. The smallest absolute Gasteiger partial charge is 0.338 e. The lowest BCUT2D eigenvalue weighted by Gasteiger charge is -2.24. The molecule has 0 radical (unpaired) electrons. The number of benzene rings is 2. The van der Waals surface area contributed by atoms with Crippen molar-refractivity contribution in [3.05, 3.63) is 82.0 Å². The summed E-state index contributed by atoms with van der Waals surface area (Å²) < 4.78 is 33.4. The highest BCUT2D eigenvalue weighted by molar-refractivity contribution is 7.92. The molecule has 1 aliphatic heterocycles. The van der Waals surface area contributed by atoms with Gasteiger partial charge in [0.15, 0.2) is 6.61 Å². The van der Waals surface area contributed by atoms with Crippen molar-refractivity contribution < 1.29 is 22.7 Å². The van der Waals surface area contributed by atoms with E-state index in [0.29, 0.717) is 18.7 Å². The molecule has 9 heteroatoms. The van der Waals surface area contributed by atoms with Gasteiger partial charge < -0.3 is 9.64 Å². The second kappa shape index (κ2) is 9.36. The zero-order chi connectivity index (χ0) is 23.6. The molecule has 0 unspecified atom stereocenters. The van der Waals surface area contributed by atoms with Gasteiger partial charge in [-0.1, -0.05) is 24.3 Å². The fourth-order valence-electron chi connectivity index (χ4n) is 3.87. The van der Waals surface area contributed by atoms with Crippen LogP contribution >= 0.6 is 11.3 Å². The van der Waals surface area contributed by atoms with Crippen LogP contribution in [0.4, 0.5) is 5.69 Å². The number of likely N-dealkylation sites (N-methyl/N-ethyl adjacent to an activating group) is 1. The fraction of sp³-hybridized carbons (Fsp3) is 0.250. The number of ether oxygens (including phenoxy) is 1. The van der Waals surface area contributed by atoms with E-state index < -0.39 is 22.6 Å². The Morgan fingerprint density at radius 3 is 2.70 bits per heavy atom. The Morgan fingerprint density at radius 2 is 1.94 bits per heavy atom. The quantitative estimate of drug-likeness (QED) is 0.478. The molecule has 0 saturated carbocycles. The first-order valence-electron chi connectivity index (χ1n) is 10.4. The number of amides is 1. The lowest BCUT2D eigenvalue weighted by Crippen LogP contribution is -2.35. The van der Waals surface area contributed by atoms with E-state index in [1.165, 1.54) is 33.5 Å². The molecule has 1 aromatic heterocycles. The van der Waals surface area contributed by atoms with E-state index in [9.17, 15) is 18.0 Å². The van der Waals surface area contributed by atoms with Gasteiger partial charge in [-0.25, -0.2) is 13.2 Å². The lowest BCUT2D eigenvalue weighted by molar-refractivity contribution is -0.133. The monoisotopic (exact) mass is 484 g/mol. The number of nitrogens with zero attached hydrogens (tertiary/aromatic N) is 2. The normalized spacial score (nSPS) is 15.2. The molecule has 0 bridgehead atoms. The van der Waals surface area contributed by atoms with E-state index in [1.807, 2.05) is 35.9 Å². The zero-order valence-corrected chi connectivity index (χ0v) is 19.9. The molecule has 1 amide bonds. The molecule has 3 aromatic rings. The minimum absolute atomic E-state index is 0.00130. The number of sulfonamides is 1. The highest BCUT2D eigenvalue weighted by Gasteiger charge is 2.36. The second-order valence-electron chi connectivity index (χ2n) is 7.97. The zero-order valence-electron chi connectivity index (χ0n) is 18.3. The van der Waals surface area contributed by atoms with Crippen LogP contribution in [0.2, 0.25) is 0 Å². The minimum atomic E-state index is -3.88. The SMILES string of the molecule is C[C@H]1Cc2ccccc2N1S(=O)(=O)c1cccc(C(=O)OCC(=O)N(C)Cc2ccsc2)c1. The number of hydrogen-bond acceptors (Lipinski definition) is 6. The van der Waals surface area contributed by atoms with E-state index in [4.69, 9.17) is 4.74 Å². The van der Waals surface area contributed by atoms with Crippen LogP contribution in [0.5, 0.6) is 0 Å². The Bertz CT molecular complexity index is 1270.